The Bertz CT molecular complexity index is 614. The molecular formula is C17H21NO2S. The van der Waals surface area contributed by atoms with Crippen LogP contribution in [0.4, 0.5) is 0 Å². The Balaban J connectivity index is 1.95. The van der Waals surface area contributed by atoms with Crippen LogP contribution in [-0.4, -0.2) is 21.3 Å². The third-order valence-corrected chi connectivity index (χ3v) is 5.38. The van der Waals surface area contributed by atoms with Gasteiger partial charge in [0.05, 0.1) is 20.3 Å². The molecule has 0 amide bonds. The average Bonchev–Trinajstić information content (AvgIpc) is 3.09. The number of aryl methyl sites for hydroxylation is 2. The van der Waals surface area contributed by atoms with Crippen LogP contribution in [0.1, 0.15) is 33.3 Å². The molecule has 0 bridgehead atoms. The third-order valence-electron chi connectivity index (χ3n) is 4.08. The van der Waals surface area contributed by atoms with Crippen LogP contribution in [0.25, 0.3) is 0 Å². The summed E-state index contributed by atoms with van der Waals surface area (Å²) in [6.45, 7) is 0. The summed E-state index contributed by atoms with van der Waals surface area (Å²) in [5.74, 6) is 1.55. The van der Waals surface area contributed by atoms with Crippen molar-refractivity contribution >= 4 is 11.3 Å². The van der Waals surface area contributed by atoms with Crippen molar-refractivity contribution in [1.29, 1.82) is 0 Å². The molecule has 0 fully saturated rings. The molecule has 0 spiro atoms. The Labute approximate surface area is 129 Å². The van der Waals surface area contributed by atoms with E-state index in [1.807, 2.05) is 24.5 Å². The van der Waals surface area contributed by atoms with Gasteiger partial charge in [0.25, 0.3) is 0 Å². The molecule has 0 saturated carbocycles. The predicted octanol–water partition coefficient (Wildman–Crippen LogP) is 3.56. The highest BCUT2D eigenvalue weighted by atomic mass is 32.1. The van der Waals surface area contributed by atoms with Crippen LogP contribution in [0.3, 0.4) is 0 Å². The van der Waals surface area contributed by atoms with Crippen molar-refractivity contribution in [2.45, 2.75) is 25.3 Å². The SMILES string of the molecule is CNC(c1ccc(OC)c(OC)c1)c1cc2c(s1)CCC2. The number of ether oxygens (including phenoxy) is 2. The van der Waals surface area contributed by atoms with E-state index in [-0.39, 0.29) is 6.04 Å². The Morgan fingerprint density at radius 3 is 2.57 bits per heavy atom. The molecule has 1 aromatic carbocycles. The number of rotatable bonds is 5. The Hall–Kier alpha value is -1.52. The second-order valence-corrected chi connectivity index (χ2v) is 6.46. The summed E-state index contributed by atoms with van der Waals surface area (Å²) in [5.41, 5.74) is 2.74. The second-order valence-electron chi connectivity index (χ2n) is 5.29. The van der Waals surface area contributed by atoms with Crippen molar-refractivity contribution < 1.29 is 9.47 Å². The number of hydrogen-bond donors (Lipinski definition) is 1. The van der Waals surface area contributed by atoms with E-state index in [4.69, 9.17) is 9.47 Å². The number of benzene rings is 1. The smallest absolute Gasteiger partial charge is 0.161 e. The fourth-order valence-corrected chi connectivity index (χ4v) is 4.40. The molecular weight excluding hydrogens is 282 g/mol. The molecule has 1 aliphatic rings. The summed E-state index contributed by atoms with van der Waals surface area (Å²) in [6.07, 6.45) is 3.78. The van der Waals surface area contributed by atoms with Gasteiger partial charge in [-0.25, -0.2) is 0 Å². The van der Waals surface area contributed by atoms with Gasteiger partial charge in [0.15, 0.2) is 11.5 Å². The van der Waals surface area contributed by atoms with Gasteiger partial charge in [0.1, 0.15) is 0 Å². The van der Waals surface area contributed by atoms with Crippen LogP contribution in [0.5, 0.6) is 11.5 Å². The summed E-state index contributed by atoms with van der Waals surface area (Å²) in [6, 6.07) is 8.71. The number of hydrogen-bond acceptors (Lipinski definition) is 4. The average molecular weight is 303 g/mol. The Morgan fingerprint density at radius 1 is 1.10 bits per heavy atom. The van der Waals surface area contributed by atoms with E-state index in [0.717, 1.165) is 11.5 Å². The summed E-state index contributed by atoms with van der Waals surface area (Å²) < 4.78 is 10.7. The zero-order chi connectivity index (χ0) is 14.8. The van der Waals surface area contributed by atoms with Gasteiger partial charge in [-0.2, -0.15) is 0 Å². The molecule has 1 aliphatic carbocycles. The molecule has 4 heteroatoms. The zero-order valence-electron chi connectivity index (χ0n) is 12.7. The monoisotopic (exact) mass is 303 g/mol. The van der Waals surface area contributed by atoms with Crippen molar-refractivity contribution in [2.75, 3.05) is 21.3 Å². The maximum absolute atomic E-state index is 5.42. The Kier molecular flexibility index (Phi) is 4.17. The summed E-state index contributed by atoms with van der Waals surface area (Å²) >= 11 is 1.94. The maximum atomic E-state index is 5.42. The van der Waals surface area contributed by atoms with E-state index >= 15 is 0 Å². The molecule has 3 nitrogen and oxygen atoms in total. The molecule has 1 heterocycles. The highest BCUT2D eigenvalue weighted by Gasteiger charge is 2.21. The number of fused-ring (bicyclic) bond motifs is 1. The third kappa shape index (κ3) is 2.65. The predicted molar refractivity (Wildman–Crippen MR) is 86.8 cm³/mol. The lowest BCUT2D eigenvalue weighted by Gasteiger charge is -2.17. The van der Waals surface area contributed by atoms with E-state index < -0.39 is 0 Å². The van der Waals surface area contributed by atoms with Crippen molar-refractivity contribution in [2.24, 2.45) is 0 Å². The van der Waals surface area contributed by atoms with Gasteiger partial charge in [-0.1, -0.05) is 6.07 Å². The standard InChI is InChI=1S/C17H21NO2S/c1-18-17(16-10-11-5-4-6-15(11)21-16)12-7-8-13(19-2)14(9-12)20-3/h7-10,17-18H,4-6H2,1-3H3. The first-order valence-electron chi connectivity index (χ1n) is 7.27. The largest absolute Gasteiger partial charge is 0.493 e. The highest BCUT2D eigenvalue weighted by molar-refractivity contribution is 7.12. The highest BCUT2D eigenvalue weighted by Crippen LogP contribution is 2.38. The van der Waals surface area contributed by atoms with Gasteiger partial charge in [-0.15, -0.1) is 11.3 Å². The van der Waals surface area contributed by atoms with Gasteiger partial charge in [-0.3, -0.25) is 0 Å². The van der Waals surface area contributed by atoms with Crippen molar-refractivity contribution in [3.8, 4) is 11.5 Å². The minimum Gasteiger partial charge on any atom is -0.493 e. The summed E-state index contributed by atoms with van der Waals surface area (Å²) in [4.78, 5) is 2.94. The Morgan fingerprint density at radius 2 is 1.90 bits per heavy atom. The maximum Gasteiger partial charge on any atom is 0.161 e. The van der Waals surface area contributed by atoms with Crippen LogP contribution < -0.4 is 14.8 Å². The first-order valence-corrected chi connectivity index (χ1v) is 8.09. The fraction of sp³-hybridized carbons (Fsp3) is 0.412. The van der Waals surface area contributed by atoms with Crippen LogP contribution in [0, 0.1) is 0 Å². The molecule has 3 rings (SSSR count). The van der Waals surface area contributed by atoms with Gasteiger partial charge < -0.3 is 14.8 Å². The van der Waals surface area contributed by atoms with Crippen molar-refractivity contribution in [3.63, 3.8) is 0 Å². The van der Waals surface area contributed by atoms with Gasteiger partial charge in [-0.05, 0) is 55.6 Å². The first-order chi connectivity index (χ1) is 10.3. The van der Waals surface area contributed by atoms with E-state index in [0.29, 0.717) is 0 Å². The molecule has 1 unspecified atom stereocenters. The molecule has 0 saturated heterocycles. The van der Waals surface area contributed by atoms with E-state index in [1.165, 1.54) is 35.3 Å². The molecule has 1 aromatic heterocycles. The number of thiophene rings is 1. The first kappa shape index (κ1) is 14.4. The minimum absolute atomic E-state index is 0.209. The minimum atomic E-state index is 0.209. The van der Waals surface area contributed by atoms with Crippen LogP contribution in [-0.2, 0) is 12.8 Å². The van der Waals surface area contributed by atoms with Crippen LogP contribution in [0.15, 0.2) is 24.3 Å². The molecule has 112 valence electrons. The van der Waals surface area contributed by atoms with E-state index in [9.17, 15) is 0 Å². The molecule has 0 radical (unpaired) electrons. The zero-order valence-corrected chi connectivity index (χ0v) is 13.5. The lowest BCUT2D eigenvalue weighted by Crippen LogP contribution is -2.16. The lowest BCUT2D eigenvalue weighted by atomic mass is 10.0. The molecule has 1 N–H and O–H groups in total. The molecule has 21 heavy (non-hydrogen) atoms. The quantitative estimate of drug-likeness (QED) is 0.916. The normalized spacial score (nSPS) is 14.8. The van der Waals surface area contributed by atoms with Crippen LogP contribution in [0.2, 0.25) is 0 Å². The van der Waals surface area contributed by atoms with E-state index in [1.54, 1.807) is 19.1 Å². The van der Waals surface area contributed by atoms with Crippen LogP contribution >= 0.6 is 11.3 Å². The van der Waals surface area contributed by atoms with E-state index in [2.05, 4.69) is 23.5 Å². The topological polar surface area (TPSA) is 30.5 Å². The lowest BCUT2D eigenvalue weighted by molar-refractivity contribution is 0.354. The molecule has 2 aromatic rings. The van der Waals surface area contributed by atoms with Crippen molar-refractivity contribution in [3.05, 3.63) is 45.1 Å². The number of methoxy groups -OCH3 is 2. The molecule has 1 atom stereocenters. The summed E-state index contributed by atoms with van der Waals surface area (Å²) in [7, 11) is 5.35. The molecule has 0 aliphatic heterocycles. The second kappa shape index (κ2) is 6.08. The number of nitrogens with one attached hydrogen (secondary N) is 1. The fourth-order valence-electron chi connectivity index (χ4n) is 3.00. The van der Waals surface area contributed by atoms with Gasteiger partial charge in [0.2, 0.25) is 0 Å². The van der Waals surface area contributed by atoms with Gasteiger partial charge in [0, 0.05) is 9.75 Å². The van der Waals surface area contributed by atoms with Crippen molar-refractivity contribution in [1.82, 2.24) is 5.32 Å². The summed E-state index contributed by atoms with van der Waals surface area (Å²) in [5, 5.41) is 3.43. The van der Waals surface area contributed by atoms with Gasteiger partial charge >= 0.3 is 0 Å².